The van der Waals surface area contributed by atoms with Gasteiger partial charge in [-0.3, -0.25) is 9.59 Å². The van der Waals surface area contributed by atoms with E-state index < -0.39 is 11.4 Å². The van der Waals surface area contributed by atoms with Crippen molar-refractivity contribution >= 4 is 11.9 Å². The van der Waals surface area contributed by atoms with Crippen molar-refractivity contribution < 1.29 is 14.7 Å². The molecule has 2 aromatic carbocycles. The van der Waals surface area contributed by atoms with Gasteiger partial charge in [0.1, 0.15) is 6.54 Å². The van der Waals surface area contributed by atoms with Crippen LogP contribution in [0.2, 0.25) is 0 Å². The zero-order valence-electron chi connectivity index (χ0n) is 15.8. The maximum atomic E-state index is 12.7. The van der Waals surface area contributed by atoms with Crippen molar-refractivity contribution in [1.29, 1.82) is 0 Å². The molecule has 0 atom stereocenters. The van der Waals surface area contributed by atoms with Gasteiger partial charge in [-0.25, -0.2) is 0 Å². The quantitative estimate of drug-likeness (QED) is 0.714. The summed E-state index contributed by atoms with van der Waals surface area (Å²) in [7, 11) is 0. The zero-order chi connectivity index (χ0) is 20.3. The molecule has 1 aliphatic heterocycles. The summed E-state index contributed by atoms with van der Waals surface area (Å²) in [5.41, 5.74) is 0.660. The first-order chi connectivity index (χ1) is 14.1. The third-order valence-electron chi connectivity index (χ3n) is 5.47. The molecule has 1 saturated heterocycles. The van der Waals surface area contributed by atoms with Crippen LogP contribution in [0.25, 0.3) is 11.4 Å². The van der Waals surface area contributed by atoms with Gasteiger partial charge in [0.25, 0.3) is 0 Å². The van der Waals surface area contributed by atoms with Gasteiger partial charge in [-0.15, -0.1) is 10.2 Å². The van der Waals surface area contributed by atoms with Crippen LogP contribution in [-0.4, -0.2) is 55.2 Å². The SMILES string of the molecule is O=C(Cn1nnc(-c2ccccc2)n1)N1CCC(C(=O)O)(c2ccccc2)CC1. The average molecular weight is 391 g/mol. The second-order valence-corrected chi connectivity index (χ2v) is 7.14. The highest BCUT2D eigenvalue weighted by Crippen LogP contribution is 2.36. The Morgan fingerprint density at radius 2 is 1.59 bits per heavy atom. The Kier molecular flexibility index (Phi) is 5.07. The van der Waals surface area contributed by atoms with Crippen LogP contribution in [0.5, 0.6) is 0 Å². The minimum atomic E-state index is -0.954. The number of benzene rings is 2. The average Bonchev–Trinajstić information content (AvgIpc) is 3.23. The number of likely N-dealkylation sites (tertiary alicyclic amines) is 1. The second-order valence-electron chi connectivity index (χ2n) is 7.14. The molecule has 0 radical (unpaired) electrons. The summed E-state index contributed by atoms with van der Waals surface area (Å²) in [6.45, 7) is 0.728. The first kappa shape index (κ1) is 18.8. The number of carbonyl (C=O) groups excluding carboxylic acids is 1. The Bertz CT molecular complexity index is 995. The lowest BCUT2D eigenvalue weighted by Crippen LogP contribution is -2.49. The van der Waals surface area contributed by atoms with Gasteiger partial charge >= 0.3 is 5.97 Å². The fourth-order valence-corrected chi connectivity index (χ4v) is 3.76. The number of tetrazole rings is 1. The largest absolute Gasteiger partial charge is 0.481 e. The Balaban J connectivity index is 1.42. The lowest BCUT2D eigenvalue weighted by atomic mass is 9.73. The highest BCUT2D eigenvalue weighted by atomic mass is 16.4. The molecular weight excluding hydrogens is 370 g/mol. The summed E-state index contributed by atoms with van der Waals surface area (Å²) in [4.78, 5) is 27.7. The van der Waals surface area contributed by atoms with Gasteiger partial charge in [0.05, 0.1) is 5.41 Å². The van der Waals surface area contributed by atoms with Crippen LogP contribution in [0.3, 0.4) is 0 Å². The van der Waals surface area contributed by atoms with Crippen LogP contribution in [0.1, 0.15) is 18.4 Å². The highest BCUT2D eigenvalue weighted by molar-refractivity contribution is 5.82. The normalized spacial score (nSPS) is 15.8. The van der Waals surface area contributed by atoms with Crippen LogP contribution in [0.4, 0.5) is 0 Å². The van der Waals surface area contributed by atoms with E-state index in [9.17, 15) is 14.7 Å². The minimum Gasteiger partial charge on any atom is -0.481 e. The molecule has 29 heavy (non-hydrogen) atoms. The molecule has 8 nitrogen and oxygen atoms in total. The number of hydrogen-bond acceptors (Lipinski definition) is 5. The number of aromatic nitrogens is 4. The molecule has 0 spiro atoms. The number of amides is 1. The predicted molar refractivity (Wildman–Crippen MR) is 105 cm³/mol. The third kappa shape index (κ3) is 3.73. The van der Waals surface area contributed by atoms with Crippen LogP contribution in [0, 0.1) is 0 Å². The smallest absolute Gasteiger partial charge is 0.314 e. The van der Waals surface area contributed by atoms with Crippen LogP contribution in [-0.2, 0) is 21.5 Å². The molecule has 0 unspecified atom stereocenters. The van der Waals surface area contributed by atoms with Crippen LogP contribution < -0.4 is 0 Å². The third-order valence-corrected chi connectivity index (χ3v) is 5.47. The number of carboxylic acid groups (broad SMARTS) is 1. The van der Waals surface area contributed by atoms with Crippen molar-refractivity contribution in [3.8, 4) is 11.4 Å². The monoisotopic (exact) mass is 391 g/mol. The fraction of sp³-hybridized carbons (Fsp3) is 0.286. The number of aliphatic carboxylic acids is 1. The van der Waals surface area contributed by atoms with Crippen LogP contribution in [0.15, 0.2) is 60.7 Å². The van der Waals surface area contributed by atoms with Crippen molar-refractivity contribution in [2.75, 3.05) is 13.1 Å². The molecule has 4 rings (SSSR count). The molecule has 148 valence electrons. The molecule has 2 heterocycles. The molecule has 0 bridgehead atoms. The molecule has 1 aliphatic rings. The standard InChI is InChI=1S/C21H21N5O3/c27-18(15-26-23-19(22-24-26)16-7-3-1-4-8-16)25-13-11-21(12-14-25,20(28)29)17-9-5-2-6-10-17/h1-10H,11-15H2,(H,28,29). The van der Waals surface area contributed by atoms with E-state index in [1.165, 1.54) is 4.80 Å². The van der Waals surface area contributed by atoms with Gasteiger partial charge in [0.15, 0.2) is 0 Å². The Labute approximate surface area is 167 Å². The van der Waals surface area contributed by atoms with Crippen molar-refractivity contribution in [3.05, 3.63) is 66.2 Å². The molecule has 8 heteroatoms. The lowest BCUT2D eigenvalue weighted by molar-refractivity contribution is -0.148. The van der Waals surface area contributed by atoms with E-state index in [4.69, 9.17) is 0 Å². The first-order valence-electron chi connectivity index (χ1n) is 9.48. The number of hydrogen-bond donors (Lipinski definition) is 1. The van der Waals surface area contributed by atoms with Gasteiger partial charge in [-0.05, 0) is 23.6 Å². The van der Waals surface area contributed by atoms with Crippen molar-refractivity contribution in [1.82, 2.24) is 25.1 Å². The summed E-state index contributed by atoms with van der Waals surface area (Å²) in [5.74, 6) is -0.527. The molecule has 1 amide bonds. The summed E-state index contributed by atoms with van der Waals surface area (Å²) in [5, 5.41) is 22.1. The van der Waals surface area contributed by atoms with E-state index in [-0.39, 0.29) is 12.5 Å². The predicted octanol–water partition coefficient (Wildman–Crippen LogP) is 1.99. The van der Waals surface area contributed by atoms with Crippen LogP contribution >= 0.6 is 0 Å². The fourth-order valence-electron chi connectivity index (χ4n) is 3.76. The number of nitrogens with zero attached hydrogens (tertiary/aromatic N) is 5. The molecule has 3 aromatic rings. The first-order valence-corrected chi connectivity index (χ1v) is 9.48. The molecule has 0 saturated carbocycles. The van der Waals surface area contributed by atoms with Crippen molar-refractivity contribution in [2.45, 2.75) is 24.8 Å². The summed E-state index contributed by atoms with van der Waals surface area (Å²) in [6, 6.07) is 18.7. The molecular formula is C21H21N5O3. The minimum absolute atomic E-state index is 0.0226. The van der Waals surface area contributed by atoms with Gasteiger partial charge < -0.3 is 10.0 Å². The van der Waals surface area contributed by atoms with E-state index in [0.29, 0.717) is 31.8 Å². The topological polar surface area (TPSA) is 101 Å². The van der Waals surface area contributed by atoms with Gasteiger partial charge in [0.2, 0.25) is 11.7 Å². The summed E-state index contributed by atoms with van der Waals surface area (Å²) >= 11 is 0. The Morgan fingerprint density at radius 1 is 0.966 bits per heavy atom. The van der Waals surface area contributed by atoms with Gasteiger partial charge in [-0.1, -0.05) is 60.7 Å². The maximum absolute atomic E-state index is 12.7. The van der Waals surface area contributed by atoms with Crippen molar-refractivity contribution in [3.63, 3.8) is 0 Å². The van der Waals surface area contributed by atoms with Gasteiger partial charge in [-0.2, -0.15) is 4.80 Å². The van der Waals surface area contributed by atoms with E-state index >= 15 is 0 Å². The second kappa shape index (κ2) is 7.83. The Morgan fingerprint density at radius 3 is 2.21 bits per heavy atom. The number of carbonyl (C=O) groups is 2. The highest BCUT2D eigenvalue weighted by Gasteiger charge is 2.43. The van der Waals surface area contributed by atoms with E-state index in [0.717, 1.165) is 11.1 Å². The Hall–Kier alpha value is -3.55. The zero-order valence-corrected chi connectivity index (χ0v) is 15.8. The molecule has 1 fully saturated rings. The number of rotatable bonds is 5. The van der Waals surface area contributed by atoms with E-state index in [1.54, 1.807) is 4.90 Å². The summed E-state index contributed by atoms with van der Waals surface area (Å²) in [6.07, 6.45) is 0.746. The van der Waals surface area contributed by atoms with Crippen molar-refractivity contribution in [2.24, 2.45) is 0 Å². The maximum Gasteiger partial charge on any atom is 0.314 e. The number of piperidine rings is 1. The molecule has 1 N–H and O–H groups in total. The summed E-state index contributed by atoms with van der Waals surface area (Å²) < 4.78 is 0. The molecule has 0 aliphatic carbocycles. The van der Waals surface area contributed by atoms with E-state index in [1.807, 2.05) is 60.7 Å². The number of carboxylic acids is 1. The van der Waals surface area contributed by atoms with E-state index in [2.05, 4.69) is 15.4 Å². The van der Waals surface area contributed by atoms with Gasteiger partial charge in [0, 0.05) is 18.7 Å². The molecule has 1 aromatic heterocycles. The lowest BCUT2D eigenvalue weighted by Gasteiger charge is -2.39.